The first-order chi connectivity index (χ1) is 32.6. The van der Waals surface area contributed by atoms with Gasteiger partial charge in [0.05, 0.1) is 35.6 Å². The van der Waals surface area contributed by atoms with Crippen molar-refractivity contribution < 1.29 is 40.1 Å². The molecule has 0 saturated heterocycles. The van der Waals surface area contributed by atoms with Gasteiger partial charge in [0.2, 0.25) is 0 Å². The highest BCUT2D eigenvalue weighted by atomic mass is 16.3. The number of benzene rings is 8. The molecule has 1 aromatic heterocycles. The molecule has 1 nitrogen and oxygen atoms in total. The largest absolute Gasteiger partial charge is 0.456 e. The van der Waals surface area contributed by atoms with Crippen LogP contribution < -0.4 is 0 Å². The Labute approximate surface area is 292 Å². The van der Waals surface area contributed by atoms with Gasteiger partial charge in [-0.15, -0.1) is 0 Å². The van der Waals surface area contributed by atoms with Crippen LogP contribution >= 0.6 is 0 Å². The molecule has 0 aliphatic carbocycles. The molecule has 0 atom stereocenters. The van der Waals surface area contributed by atoms with E-state index in [1.165, 1.54) is 0 Å². The van der Waals surface area contributed by atoms with Crippen LogP contribution in [0.4, 0.5) is 0 Å². The number of fused-ring (bicyclic) bond motifs is 6. The van der Waals surface area contributed by atoms with Gasteiger partial charge in [-0.25, -0.2) is 0 Å². The smallest absolute Gasteiger partial charge is 0.136 e. The van der Waals surface area contributed by atoms with Crippen molar-refractivity contribution in [3.8, 4) is 22.3 Å². The standard InChI is InChI=1S/C43H28O/c1-2-13-29(14-3-1)32-23-11-25-39-42(32)43-37(24-12-26-40(43)44-39)41-35-21-8-6-19-33(35)38(34-20-7-9-22-36(34)41)27-30-17-10-16-28-15-4-5-18-31(28)30/h1-26H,27H2/i1D,2D,3D,4D,5D,6D,7D,8D,9D,10D,11D,12D,13D,14D,15D,16D,17D,18D,19D,20D,21D,22D,23D,24D,25D,26D. The minimum Gasteiger partial charge on any atom is -0.456 e. The van der Waals surface area contributed by atoms with E-state index in [0.29, 0.717) is 0 Å². The fraction of sp³-hybridized carbons (Fsp3) is 0.0233. The van der Waals surface area contributed by atoms with E-state index in [0.717, 1.165) is 0 Å². The van der Waals surface area contributed by atoms with Crippen LogP contribution in [0.2, 0.25) is 0 Å². The number of hydrogen-bond acceptors (Lipinski definition) is 1. The Hall–Kier alpha value is -5.66. The lowest BCUT2D eigenvalue weighted by Crippen LogP contribution is -1.96. The zero-order valence-electron chi connectivity index (χ0n) is 48.1. The highest BCUT2D eigenvalue weighted by Gasteiger charge is 2.21. The molecule has 0 amide bonds. The Kier molecular flexibility index (Phi) is 2.31. The fourth-order valence-electron chi connectivity index (χ4n) is 5.56. The first-order valence-corrected chi connectivity index (χ1v) is 13.1. The van der Waals surface area contributed by atoms with Gasteiger partial charge in [0.25, 0.3) is 0 Å². The maximum Gasteiger partial charge on any atom is 0.136 e. The zero-order valence-corrected chi connectivity index (χ0v) is 22.1. The summed E-state index contributed by atoms with van der Waals surface area (Å²) >= 11 is 0. The maximum absolute atomic E-state index is 9.58. The average Bonchev–Trinajstić information content (AvgIpc) is 3.73. The molecule has 1 heteroatoms. The van der Waals surface area contributed by atoms with Crippen LogP contribution in [0.5, 0.6) is 0 Å². The van der Waals surface area contributed by atoms with Crippen LogP contribution in [0.1, 0.15) is 46.8 Å². The number of rotatable bonds is 4. The predicted molar refractivity (Wildman–Crippen MR) is 186 cm³/mol. The fourth-order valence-corrected chi connectivity index (χ4v) is 5.56. The topological polar surface area (TPSA) is 13.1 Å². The van der Waals surface area contributed by atoms with Gasteiger partial charge in [0.1, 0.15) is 11.2 Å². The summed E-state index contributed by atoms with van der Waals surface area (Å²) in [5.74, 6) is 0. The second-order valence-corrected chi connectivity index (χ2v) is 9.64. The lowest BCUT2D eigenvalue weighted by Gasteiger charge is -2.19. The molecule has 9 aromatic rings. The molecule has 0 aliphatic rings. The van der Waals surface area contributed by atoms with Crippen molar-refractivity contribution in [3.05, 3.63) is 168 Å². The van der Waals surface area contributed by atoms with Crippen LogP contribution in [0.15, 0.2) is 162 Å². The van der Waals surface area contributed by atoms with E-state index in [4.69, 9.17) is 33.2 Å². The third-order valence-corrected chi connectivity index (χ3v) is 7.36. The quantitative estimate of drug-likeness (QED) is 0.187. The van der Waals surface area contributed by atoms with Gasteiger partial charge >= 0.3 is 0 Å². The third-order valence-electron chi connectivity index (χ3n) is 7.36. The van der Waals surface area contributed by atoms with Crippen LogP contribution in [0.25, 0.3) is 76.5 Å². The number of hydrogen-bond donors (Lipinski definition) is 0. The van der Waals surface area contributed by atoms with E-state index >= 15 is 0 Å². The van der Waals surface area contributed by atoms with Gasteiger partial charge in [0, 0.05) is 10.8 Å². The SMILES string of the molecule is [2H]c1c([2H])c([2H])c(-c2c([2H])c([2H])c([2H])c3oc4c([2H])c([2H])c([2H])c(-c5c6c([2H])c([2H])c([2H])c([2H])c6c(Cc6c([2H])c([2H])c([2H])c7c([2H])c([2H])c([2H])c([2H])c67)c6c([2H])c([2H])c([2H])c([2H])c56)c4c23)c([2H])c1[2H]. The third kappa shape index (κ3) is 3.80. The molecule has 0 radical (unpaired) electrons. The Bertz CT molecular complexity index is 3870. The second kappa shape index (κ2) is 9.97. The van der Waals surface area contributed by atoms with Crippen molar-refractivity contribution in [1.29, 1.82) is 0 Å². The Morgan fingerprint density at radius 2 is 0.955 bits per heavy atom. The molecule has 0 fully saturated rings. The monoisotopic (exact) mass is 586 g/mol. The summed E-state index contributed by atoms with van der Waals surface area (Å²) in [4.78, 5) is 0. The molecule has 8 aromatic carbocycles. The summed E-state index contributed by atoms with van der Waals surface area (Å²) in [7, 11) is 0. The van der Waals surface area contributed by atoms with E-state index in [2.05, 4.69) is 0 Å². The lowest BCUT2D eigenvalue weighted by atomic mass is 9.84. The first-order valence-electron chi connectivity index (χ1n) is 26.1. The summed E-state index contributed by atoms with van der Waals surface area (Å²) in [6.07, 6.45) is -0.857. The van der Waals surface area contributed by atoms with Crippen LogP contribution in [0.3, 0.4) is 0 Å². The van der Waals surface area contributed by atoms with E-state index in [-0.39, 0.29) is 0 Å². The Morgan fingerprint density at radius 3 is 1.66 bits per heavy atom. The molecule has 0 unspecified atom stereocenters. The van der Waals surface area contributed by atoms with E-state index in [9.17, 15) is 6.85 Å². The highest BCUT2D eigenvalue weighted by molar-refractivity contribution is 6.24. The highest BCUT2D eigenvalue weighted by Crippen LogP contribution is 2.46. The summed E-state index contributed by atoms with van der Waals surface area (Å²) in [6, 6.07) is -22.6. The minimum absolute atomic E-state index is 0.407. The molecule has 1 heterocycles. The Morgan fingerprint density at radius 1 is 0.432 bits per heavy atom. The van der Waals surface area contributed by atoms with Gasteiger partial charge < -0.3 is 4.42 Å². The molecule has 44 heavy (non-hydrogen) atoms. The molecule has 0 saturated carbocycles. The molecule has 0 bridgehead atoms. The molecular formula is C43H28O. The summed E-state index contributed by atoms with van der Waals surface area (Å²) in [6.45, 7) is 0. The van der Waals surface area contributed by atoms with Crippen LogP contribution in [-0.4, -0.2) is 0 Å². The summed E-state index contributed by atoms with van der Waals surface area (Å²) < 4.78 is 238. The molecule has 0 spiro atoms. The molecular weight excluding hydrogens is 532 g/mol. The minimum atomic E-state index is -0.962. The maximum atomic E-state index is 9.58. The summed E-state index contributed by atoms with van der Waals surface area (Å²) in [5, 5.41) is -4.40. The van der Waals surface area contributed by atoms with Gasteiger partial charge in [-0.05, 0) is 84.2 Å². The molecule has 0 aliphatic heterocycles. The Balaban J connectivity index is 1.63. The normalized spacial score (nSPS) is 20.0. The van der Waals surface area contributed by atoms with Crippen LogP contribution in [0, 0.1) is 0 Å². The second-order valence-electron chi connectivity index (χ2n) is 9.64. The van der Waals surface area contributed by atoms with Crippen molar-refractivity contribution >= 4 is 54.3 Å². The zero-order chi connectivity index (χ0) is 51.7. The van der Waals surface area contributed by atoms with Gasteiger partial charge in [0.15, 0.2) is 0 Å². The van der Waals surface area contributed by atoms with E-state index < -0.39 is 251 Å². The summed E-state index contributed by atoms with van der Waals surface area (Å²) in [5.41, 5.74) is -4.82. The van der Waals surface area contributed by atoms with Crippen molar-refractivity contribution in [2.75, 3.05) is 0 Å². The van der Waals surface area contributed by atoms with E-state index in [1.54, 1.807) is 0 Å². The predicted octanol–water partition coefficient (Wildman–Crippen LogP) is 12.0. The molecule has 206 valence electrons. The van der Waals surface area contributed by atoms with Gasteiger partial charge in [-0.1, -0.05) is 145 Å². The number of furan rings is 1. The van der Waals surface area contributed by atoms with Crippen molar-refractivity contribution in [1.82, 2.24) is 0 Å². The van der Waals surface area contributed by atoms with Gasteiger partial charge in [-0.3, -0.25) is 0 Å². The van der Waals surface area contributed by atoms with Gasteiger partial charge in [-0.2, -0.15) is 0 Å². The molecule has 0 N–H and O–H groups in total. The van der Waals surface area contributed by atoms with E-state index in [1.807, 2.05) is 0 Å². The lowest BCUT2D eigenvalue weighted by molar-refractivity contribution is 0.669. The molecule has 9 rings (SSSR count). The van der Waals surface area contributed by atoms with Crippen molar-refractivity contribution in [2.24, 2.45) is 0 Å². The van der Waals surface area contributed by atoms with Crippen LogP contribution in [-0.2, 0) is 6.42 Å². The van der Waals surface area contributed by atoms with Crippen molar-refractivity contribution in [2.45, 2.75) is 6.42 Å². The first kappa shape index (κ1) is 10.2. The average molecular weight is 587 g/mol. The van der Waals surface area contributed by atoms with Crippen molar-refractivity contribution in [3.63, 3.8) is 0 Å².